The Labute approximate surface area is 128 Å². The van der Waals surface area contributed by atoms with Gasteiger partial charge in [0, 0.05) is 13.1 Å². The molecule has 2 rings (SSSR count). The van der Waals surface area contributed by atoms with Crippen LogP contribution in [-0.4, -0.2) is 48.6 Å². The van der Waals surface area contributed by atoms with Crippen molar-refractivity contribution >= 4 is 11.9 Å². The van der Waals surface area contributed by atoms with Crippen molar-refractivity contribution in [2.45, 2.75) is 58.5 Å². The van der Waals surface area contributed by atoms with Crippen molar-refractivity contribution in [2.24, 2.45) is 10.9 Å². The van der Waals surface area contributed by atoms with Crippen LogP contribution >= 0.6 is 0 Å². The molecule has 0 bridgehead atoms. The van der Waals surface area contributed by atoms with Gasteiger partial charge in [0.1, 0.15) is 11.4 Å². The van der Waals surface area contributed by atoms with Crippen LogP contribution in [0.2, 0.25) is 0 Å². The van der Waals surface area contributed by atoms with Crippen LogP contribution in [0.1, 0.15) is 52.9 Å². The van der Waals surface area contributed by atoms with Crippen molar-refractivity contribution in [3.05, 3.63) is 0 Å². The summed E-state index contributed by atoms with van der Waals surface area (Å²) in [5, 5.41) is 3.44. The minimum absolute atomic E-state index is 0.241. The van der Waals surface area contributed by atoms with Gasteiger partial charge in [-0.1, -0.05) is 19.3 Å². The Kier molecular flexibility index (Phi) is 5.48. The first-order chi connectivity index (χ1) is 9.94. The highest BCUT2D eigenvalue weighted by Gasteiger charge is 2.25. The van der Waals surface area contributed by atoms with E-state index in [1.807, 2.05) is 20.8 Å². The second kappa shape index (κ2) is 7.14. The first-order valence-corrected chi connectivity index (χ1v) is 8.19. The number of nitrogens with zero attached hydrogens (tertiary/aromatic N) is 2. The summed E-state index contributed by atoms with van der Waals surface area (Å²) in [5.74, 6) is 1.69. The van der Waals surface area contributed by atoms with Gasteiger partial charge in [0.15, 0.2) is 0 Å². The van der Waals surface area contributed by atoms with Gasteiger partial charge in [0.25, 0.3) is 0 Å². The largest absolute Gasteiger partial charge is 0.444 e. The van der Waals surface area contributed by atoms with Gasteiger partial charge in [-0.15, -0.1) is 0 Å². The highest BCUT2D eigenvalue weighted by atomic mass is 16.6. The maximum Gasteiger partial charge on any atom is 0.410 e. The molecule has 1 amide bonds. The predicted molar refractivity (Wildman–Crippen MR) is 84.7 cm³/mol. The van der Waals surface area contributed by atoms with Crippen molar-refractivity contribution in [1.29, 1.82) is 0 Å². The molecule has 2 aliphatic rings. The molecule has 1 aliphatic heterocycles. The Hall–Kier alpha value is -1.26. The van der Waals surface area contributed by atoms with Crippen LogP contribution in [0.3, 0.4) is 0 Å². The van der Waals surface area contributed by atoms with Crippen LogP contribution < -0.4 is 5.32 Å². The van der Waals surface area contributed by atoms with E-state index in [1.165, 1.54) is 32.1 Å². The number of carbonyl (C=O) groups excluding carboxylic acids is 1. The fourth-order valence-corrected chi connectivity index (χ4v) is 2.86. The monoisotopic (exact) mass is 295 g/mol. The fourth-order valence-electron chi connectivity index (χ4n) is 2.86. The van der Waals surface area contributed by atoms with Gasteiger partial charge in [-0.25, -0.2) is 4.79 Å². The zero-order valence-electron chi connectivity index (χ0n) is 13.7. The Morgan fingerprint density at radius 1 is 1.33 bits per heavy atom. The molecule has 0 aromatic heterocycles. The number of ether oxygens (including phenoxy) is 1. The number of aliphatic imine (C=N–C) groups is 1. The van der Waals surface area contributed by atoms with E-state index < -0.39 is 5.60 Å². The summed E-state index contributed by atoms with van der Waals surface area (Å²) in [6, 6.07) is 0. The Morgan fingerprint density at radius 3 is 2.71 bits per heavy atom. The summed E-state index contributed by atoms with van der Waals surface area (Å²) in [5.41, 5.74) is -0.443. The standard InChI is InChI=1S/C16H29N3O2/c1-16(2,3)21-15(20)19-10-9-17-14(12-19)18-11-13-7-5-4-6-8-13/h13H,4-12H2,1-3H3,(H,17,18). The lowest BCUT2D eigenvalue weighted by Gasteiger charge is -2.30. The Balaban J connectivity index is 1.77. The molecular formula is C16H29N3O2. The van der Waals surface area contributed by atoms with E-state index in [-0.39, 0.29) is 6.09 Å². The van der Waals surface area contributed by atoms with E-state index in [0.717, 1.165) is 18.3 Å². The maximum atomic E-state index is 12.1. The lowest BCUT2D eigenvalue weighted by Crippen LogP contribution is -2.48. The number of hydrogen-bond acceptors (Lipinski definition) is 4. The van der Waals surface area contributed by atoms with Gasteiger partial charge >= 0.3 is 6.09 Å². The summed E-state index contributed by atoms with van der Waals surface area (Å²) < 4.78 is 5.42. The van der Waals surface area contributed by atoms with E-state index in [1.54, 1.807) is 4.90 Å². The van der Waals surface area contributed by atoms with Crippen LogP contribution in [0.5, 0.6) is 0 Å². The molecule has 1 heterocycles. The Morgan fingerprint density at radius 2 is 2.05 bits per heavy atom. The average molecular weight is 295 g/mol. The molecule has 1 aliphatic carbocycles. The lowest BCUT2D eigenvalue weighted by molar-refractivity contribution is 0.0276. The predicted octanol–water partition coefficient (Wildman–Crippen LogP) is 2.81. The van der Waals surface area contributed by atoms with Crippen molar-refractivity contribution in [3.63, 3.8) is 0 Å². The number of rotatable bonds is 2. The van der Waals surface area contributed by atoms with E-state index in [0.29, 0.717) is 19.6 Å². The summed E-state index contributed by atoms with van der Waals surface area (Å²) in [7, 11) is 0. The zero-order valence-corrected chi connectivity index (χ0v) is 13.7. The van der Waals surface area contributed by atoms with Gasteiger partial charge in [-0.3, -0.25) is 9.89 Å². The van der Waals surface area contributed by atoms with Crippen molar-refractivity contribution in [1.82, 2.24) is 10.2 Å². The van der Waals surface area contributed by atoms with E-state index in [2.05, 4.69) is 10.3 Å². The van der Waals surface area contributed by atoms with E-state index >= 15 is 0 Å². The molecule has 1 fully saturated rings. The molecule has 0 aromatic rings. The molecule has 0 radical (unpaired) electrons. The summed E-state index contributed by atoms with van der Waals surface area (Å²) in [4.78, 5) is 18.3. The summed E-state index contributed by atoms with van der Waals surface area (Å²) >= 11 is 0. The van der Waals surface area contributed by atoms with Crippen LogP contribution in [0.25, 0.3) is 0 Å². The SMILES string of the molecule is CC(C)(C)OC(=O)N1CCN=C(NCC2CCCCC2)C1. The van der Waals surface area contributed by atoms with Gasteiger partial charge in [0.05, 0.1) is 13.1 Å². The smallest absolute Gasteiger partial charge is 0.410 e. The molecule has 0 atom stereocenters. The first kappa shape index (κ1) is 16.1. The van der Waals surface area contributed by atoms with Gasteiger partial charge in [-0.05, 0) is 39.5 Å². The zero-order chi connectivity index (χ0) is 15.3. The van der Waals surface area contributed by atoms with Gasteiger partial charge < -0.3 is 10.1 Å². The number of carbonyl (C=O) groups is 1. The topological polar surface area (TPSA) is 53.9 Å². The summed E-state index contributed by atoms with van der Waals surface area (Å²) in [6.45, 7) is 8.51. The van der Waals surface area contributed by atoms with Crippen LogP contribution in [-0.2, 0) is 4.74 Å². The number of nitrogens with one attached hydrogen (secondary N) is 1. The third-order valence-corrected chi connectivity index (χ3v) is 3.98. The van der Waals surface area contributed by atoms with Crippen molar-refractivity contribution < 1.29 is 9.53 Å². The molecule has 0 saturated heterocycles. The maximum absolute atomic E-state index is 12.1. The highest BCUT2D eigenvalue weighted by Crippen LogP contribution is 2.22. The third kappa shape index (κ3) is 5.56. The number of amides is 1. The molecule has 1 N–H and O–H groups in total. The van der Waals surface area contributed by atoms with Crippen LogP contribution in [0.4, 0.5) is 4.79 Å². The van der Waals surface area contributed by atoms with Crippen LogP contribution in [0.15, 0.2) is 4.99 Å². The number of amidine groups is 1. The molecule has 21 heavy (non-hydrogen) atoms. The lowest BCUT2D eigenvalue weighted by atomic mass is 9.89. The molecule has 0 aromatic carbocycles. The molecule has 5 nitrogen and oxygen atoms in total. The number of hydrogen-bond donors (Lipinski definition) is 1. The molecule has 1 saturated carbocycles. The Bertz CT molecular complexity index is 381. The second-order valence-electron chi connectivity index (χ2n) is 7.12. The minimum atomic E-state index is -0.443. The van der Waals surface area contributed by atoms with Crippen LogP contribution in [0, 0.1) is 5.92 Å². The highest BCUT2D eigenvalue weighted by molar-refractivity contribution is 5.87. The normalized spacial score (nSPS) is 20.9. The van der Waals surface area contributed by atoms with E-state index in [9.17, 15) is 4.79 Å². The molecular weight excluding hydrogens is 266 g/mol. The van der Waals surface area contributed by atoms with Crippen molar-refractivity contribution in [2.75, 3.05) is 26.2 Å². The fraction of sp³-hybridized carbons (Fsp3) is 0.875. The van der Waals surface area contributed by atoms with E-state index in [4.69, 9.17) is 4.74 Å². The first-order valence-electron chi connectivity index (χ1n) is 8.19. The van der Waals surface area contributed by atoms with Crippen molar-refractivity contribution in [3.8, 4) is 0 Å². The minimum Gasteiger partial charge on any atom is -0.444 e. The molecule has 120 valence electrons. The van der Waals surface area contributed by atoms with Gasteiger partial charge in [0.2, 0.25) is 0 Å². The molecule has 0 unspecified atom stereocenters. The summed E-state index contributed by atoms with van der Waals surface area (Å²) in [6.07, 6.45) is 6.47. The second-order valence-corrected chi connectivity index (χ2v) is 7.12. The molecule has 5 heteroatoms. The molecule has 0 spiro atoms. The third-order valence-electron chi connectivity index (χ3n) is 3.98. The van der Waals surface area contributed by atoms with Gasteiger partial charge in [-0.2, -0.15) is 0 Å². The average Bonchev–Trinajstić information content (AvgIpc) is 2.45. The quantitative estimate of drug-likeness (QED) is 0.852.